The predicted molar refractivity (Wildman–Crippen MR) is 114 cm³/mol. The van der Waals surface area contributed by atoms with E-state index < -0.39 is 16.1 Å². The number of benzene rings is 2. The maximum absolute atomic E-state index is 13.0. The number of fused-ring (bicyclic) bond motifs is 1. The summed E-state index contributed by atoms with van der Waals surface area (Å²) in [7, 11) is -3.94. The molecular formula is C22H28N2O5S. The van der Waals surface area contributed by atoms with Crippen LogP contribution in [0.25, 0.3) is 0 Å². The van der Waals surface area contributed by atoms with E-state index in [1.165, 1.54) is 12.1 Å². The van der Waals surface area contributed by atoms with E-state index >= 15 is 0 Å². The molecule has 30 heavy (non-hydrogen) atoms. The zero-order chi connectivity index (χ0) is 21.9. The van der Waals surface area contributed by atoms with E-state index in [1.54, 1.807) is 19.9 Å². The fourth-order valence-corrected chi connectivity index (χ4v) is 4.73. The van der Waals surface area contributed by atoms with Gasteiger partial charge in [0.25, 0.3) is 0 Å². The van der Waals surface area contributed by atoms with E-state index in [-0.39, 0.29) is 22.8 Å². The first-order valence-electron chi connectivity index (χ1n) is 9.97. The van der Waals surface area contributed by atoms with Crippen LogP contribution < -0.4 is 19.5 Å². The maximum atomic E-state index is 13.0. The topological polar surface area (TPSA) is 93.7 Å². The van der Waals surface area contributed by atoms with Gasteiger partial charge >= 0.3 is 0 Å². The van der Waals surface area contributed by atoms with Gasteiger partial charge in [-0.25, -0.2) is 8.42 Å². The molecule has 1 amide bonds. The van der Waals surface area contributed by atoms with Gasteiger partial charge in [0.2, 0.25) is 15.9 Å². The first-order chi connectivity index (χ1) is 14.2. The molecule has 0 fully saturated rings. The Morgan fingerprint density at radius 3 is 2.33 bits per heavy atom. The summed E-state index contributed by atoms with van der Waals surface area (Å²) in [5.74, 6) is 0.260. The average molecular weight is 433 g/mol. The number of hydrogen-bond donors (Lipinski definition) is 2. The molecule has 2 N–H and O–H groups in total. The Hall–Kier alpha value is -2.58. The highest BCUT2D eigenvalue weighted by Gasteiger charge is 2.30. The quantitative estimate of drug-likeness (QED) is 0.702. The van der Waals surface area contributed by atoms with Gasteiger partial charge in [0.1, 0.15) is 19.3 Å². The summed E-state index contributed by atoms with van der Waals surface area (Å²) in [5.41, 5.74) is 2.05. The number of carbonyl (C=O) groups excluding carboxylic acids is 1. The zero-order valence-electron chi connectivity index (χ0n) is 17.6. The van der Waals surface area contributed by atoms with Crippen molar-refractivity contribution in [1.29, 1.82) is 0 Å². The third kappa shape index (κ3) is 4.94. The van der Waals surface area contributed by atoms with Gasteiger partial charge in [0.15, 0.2) is 11.5 Å². The van der Waals surface area contributed by atoms with Crippen LogP contribution in [0, 0.1) is 12.8 Å². The van der Waals surface area contributed by atoms with E-state index in [0.717, 1.165) is 11.1 Å². The van der Waals surface area contributed by atoms with E-state index in [1.807, 2.05) is 38.1 Å². The lowest BCUT2D eigenvalue weighted by Crippen LogP contribution is -2.50. The number of aryl methyl sites for hydroxylation is 1. The minimum atomic E-state index is -3.94. The van der Waals surface area contributed by atoms with Crippen molar-refractivity contribution >= 4 is 15.9 Å². The predicted octanol–water partition coefficient (Wildman–Crippen LogP) is 2.95. The second-order valence-corrected chi connectivity index (χ2v) is 9.45. The summed E-state index contributed by atoms with van der Waals surface area (Å²) in [6.07, 6.45) is 0. The lowest BCUT2D eigenvalue weighted by Gasteiger charge is -2.25. The van der Waals surface area contributed by atoms with Gasteiger partial charge in [-0.3, -0.25) is 4.79 Å². The second kappa shape index (κ2) is 9.06. The van der Waals surface area contributed by atoms with Crippen LogP contribution in [-0.4, -0.2) is 33.6 Å². The second-order valence-electron chi connectivity index (χ2n) is 7.74. The molecule has 1 aliphatic rings. The van der Waals surface area contributed by atoms with Crippen molar-refractivity contribution < 1.29 is 22.7 Å². The first kappa shape index (κ1) is 22.1. The van der Waals surface area contributed by atoms with Crippen LogP contribution in [0.4, 0.5) is 0 Å². The molecule has 0 radical (unpaired) electrons. The monoisotopic (exact) mass is 432 g/mol. The number of rotatable bonds is 7. The summed E-state index contributed by atoms with van der Waals surface area (Å²) in [6, 6.07) is 11.0. The van der Waals surface area contributed by atoms with E-state index in [2.05, 4.69) is 10.0 Å². The molecular weight excluding hydrogens is 404 g/mol. The first-order valence-corrected chi connectivity index (χ1v) is 11.4. The molecule has 0 aromatic heterocycles. The van der Waals surface area contributed by atoms with Crippen LogP contribution in [0.5, 0.6) is 11.5 Å². The summed E-state index contributed by atoms with van der Waals surface area (Å²) in [6.45, 7) is 8.24. The summed E-state index contributed by atoms with van der Waals surface area (Å²) in [4.78, 5) is 13.0. The number of sulfonamides is 1. The van der Waals surface area contributed by atoms with Crippen LogP contribution in [0.15, 0.2) is 47.4 Å². The third-order valence-corrected chi connectivity index (χ3v) is 6.51. The Morgan fingerprint density at radius 1 is 1.00 bits per heavy atom. The van der Waals surface area contributed by atoms with Crippen molar-refractivity contribution in [3.05, 3.63) is 53.6 Å². The average Bonchev–Trinajstić information content (AvgIpc) is 2.71. The number of nitrogens with one attached hydrogen (secondary N) is 2. The Balaban J connectivity index is 1.77. The molecule has 1 aliphatic heterocycles. The molecule has 162 valence electrons. The third-order valence-electron chi connectivity index (χ3n) is 5.07. The van der Waals surface area contributed by atoms with Crippen LogP contribution in [0.1, 0.15) is 37.9 Å². The summed E-state index contributed by atoms with van der Waals surface area (Å²) < 4.78 is 39.4. The lowest BCUT2D eigenvalue weighted by atomic mass is 10.0. The van der Waals surface area contributed by atoms with Crippen molar-refractivity contribution in [2.45, 2.75) is 44.7 Å². The Labute approximate surface area is 177 Å². The molecule has 2 atom stereocenters. The molecule has 0 saturated heterocycles. The minimum absolute atomic E-state index is 0.0251. The highest BCUT2D eigenvalue weighted by Crippen LogP contribution is 2.32. The molecule has 0 spiro atoms. The highest BCUT2D eigenvalue weighted by atomic mass is 32.2. The largest absolute Gasteiger partial charge is 0.486 e. The van der Waals surface area contributed by atoms with E-state index in [0.29, 0.717) is 24.7 Å². The molecule has 7 nitrogen and oxygen atoms in total. The van der Waals surface area contributed by atoms with Gasteiger partial charge in [-0.15, -0.1) is 0 Å². The summed E-state index contributed by atoms with van der Waals surface area (Å²) in [5, 5.41) is 2.93. The molecule has 0 aliphatic carbocycles. The molecule has 8 heteroatoms. The number of amides is 1. The lowest BCUT2D eigenvalue weighted by molar-refractivity contribution is -0.124. The van der Waals surface area contributed by atoms with Crippen LogP contribution >= 0.6 is 0 Å². The Bertz CT molecular complexity index is 1020. The molecule has 2 aromatic carbocycles. The SMILES string of the molecule is Cc1ccccc1[C@H](C)NC(=O)[C@@H](NS(=O)(=O)c1ccc2c(c1)OCCO2)C(C)C. The fraction of sp³-hybridized carbons (Fsp3) is 0.409. The molecule has 3 rings (SSSR count). The van der Waals surface area contributed by atoms with Crippen LogP contribution in [0.3, 0.4) is 0 Å². The number of ether oxygens (including phenoxy) is 2. The van der Waals surface area contributed by atoms with Crippen molar-refractivity contribution in [3.63, 3.8) is 0 Å². The normalized spacial score (nSPS) is 15.5. The van der Waals surface area contributed by atoms with Crippen molar-refractivity contribution in [1.82, 2.24) is 10.0 Å². The maximum Gasteiger partial charge on any atom is 0.241 e. The molecule has 0 bridgehead atoms. The Morgan fingerprint density at radius 2 is 1.67 bits per heavy atom. The number of carbonyl (C=O) groups is 1. The van der Waals surface area contributed by atoms with Gasteiger partial charge in [0.05, 0.1) is 10.9 Å². The van der Waals surface area contributed by atoms with Gasteiger partial charge in [-0.2, -0.15) is 4.72 Å². The van der Waals surface area contributed by atoms with E-state index in [9.17, 15) is 13.2 Å². The molecule has 0 saturated carbocycles. The molecule has 1 heterocycles. The Kier molecular flexibility index (Phi) is 6.67. The molecule has 0 unspecified atom stereocenters. The van der Waals surface area contributed by atoms with Gasteiger partial charge < -0.3 is 14.8 Å². The van der Waals surface area contributed by atoms with E-state index in [4.69, 9.17) is 9.47 Å². The summed E-state index contributed by atoms with van der Waals surface area (Å²) >= 11 is 0. The minimum Gasteiger partial charge on any atom is -0.486 e. The van der Waals surface area contributed by atoms with Crippen molar-refractivity contribution in [2.24, 2.45) is 5.92 Å². The van der Waals surface area contributed by atoms with Crippen molar-refractivity contribution in [2.75, 3.05) is 13.2 Å². The van der Waals surface area contributed by atoms with Crippen LogP contribution in [-0.2, 0) is 14.8 Å². The smallest absolute Gasteiger partial charge is 0.241 e. The van der Waals surface area contributed by atoms with Crippen LogP contribution in [0.2, 0.25) is 0 Å². The van der Waals surface area contributed by atoms with Gasteiger partial charge in [-0.1, -0.05) is 38.1 Å². The molecule has 2 aromatic rings. The van der Waals surface area contributed by atoms with Gasteiger partial charge in [-0.05, 0) is 43.0 Å². The zero-order valence-corrected chi connectivity index (χ0v) is 18.5. The highest BCUT2D eigenvalue weighted by molar-refractivity contribution is 7.89. The fourth-order valence-electron chi connectivity index (χ4n) is 3.37. The van der Waals surface area contributed by atoms with Crippen molar-refractivity contribution in [3.8, 4) is 11.5 Å². The standard InChI is InChI=1S/C22H28N2O5S/c1-14(2)21(22(25)23-16(4)18-8-6-5-7-15(18)3)24-30(26,27)17-9-10-19-20(13-17)29-12-11-28-19/h5-10,13-14,16,21,24H,11-12H2,1-4H3,(H,23,25)/t16-,21-/m0/s1. The van der Waals surface area contributed by atoms with Gasteiger partial charge in [0, 0.05) is 6.07 Å². The number of hydrogen-bond acceptors (Lipinski definition) is 5.